The van der Waals surface area contributed by atoms with Gasteiger partial charge in [0.05, 0.1) is 0 Å². The SMILES string of the molecule is Cc1ccn(CC(N)c2ccccc2)c(=O)c1. The highest BCUT2D eigenvalue weighted by Crippen LogP contribution is 2.10. The van der Waals surface area contributed by atoms with Crippen LogP contribution in [-0.4, -0.2) is 4.57 Å². The topological polar surface area (TPSA) is 48.0 Å². The second kappa shape index (κ2) is 4.97. The Morgan fingerprint density at radius 3 is 2.59 bits per heavy atom. The van der Waals surface area contributed by atoms with Gasteiger partial charge in [0.15, 0.2) is 0 Å². The summed E-state index contributed by atoms with van der Waals surface area (Å²) in [7, 11) is 0. The molecule has 0 spiro atoms. The van der Waals surface area contributed by atoms with Crippen molar-refractivity contribution < 1.29 is 0 Å². The molecule has 1 unspecified atom stereocenters. The highest BCUT2D eigenvalue weighted by molar-refractivity contribution is 5.18. The largest absolute Gasteiger partial charge is 0.322 e. The van der Waals surface area contributed by atoms with Crippen molar-refractivity contribution in [3.8, 4) is 0 Å². The molecule has 0 bridgehead atoms. The average Bonchev–Trinajstić information content (AvgIpc) is 2.34. The summed E-state index contributed by atoms with van der Waals surface area (Å²) in [4.78, 5) is 11.7. The molecule has 88 valence electrons. The smallest absolute Gasteiger partial charge is 0.250 e. The van der Waals surface area contributed by atoms with Gasteiger partial charge in [-0.15, -0.1) is 0 Å². The molecular formula is C14H16N2O. The van der Waals surface area contributed by atoms with Gasteiger partial charge in [0.1, 0.15) is 0 Å². The van der Waals surface area contributed by atoms with Gasteiger partial charge in [0, 0.05) is 24.8 Å². The number of aromatic nitrogens is 1. The summed E-state index contributed by atoms with van der Waals surface area (Å²) >= 11 is 0. The number of hydrogen-bond donors (Lipinski definition) is 1. The number of aryl methyl sites for hydroxylation is 1. The fourth-order valence-corrected chi connectivity index (χ4v) is 1.78. The predicted molar refractivity (Wildman–Crippen MR) is 68.8 cm³/mol. The minimum absolute atomic E-state index is 0.00335. The van der Waals surface area contributed by atoms with E-state index in [9.17, 15) is 4.79 Å². The van der Waals surface area contributed by atoms with Crippen molar-refractivity contribution in [1.29, 1.82) is 0 Å². The number of pyridine rings is 1. The molecule has 0 saturated heterocycles. The van der Waals surface area contributed by atoms with Crippen molar-refractivity contribution in [1.82, 2.24) is 4.57 Å². The standard InChI is InChI=1S/C14H16N2O/c1-11-7-8-16(14(17)9-11)10-13(15)12-5-3-2-4-6-12/h2-9,13H,10,15H2,1H3. The van der Waals surface area contributed by atoms with Gasteiger partial charge in [0.25, 0.3) is 5.56 Å². The third-order valence-corrected chi connectivity index (χ3v) is 2.77. The molecule has 0 fully saturated rings. The maximum Gasteiger partial charge on any atom is 0.250 e. The number of rotatable bonds is 3. The van der Waals surface area contributed by atoms with Crippen molar-refractivity contribution in [2.45, 2.75) is 19.5 Å². The van der Waals surface area contributed by atoms with Crippen molar-refractivity contribution in [3.63, 3.8) is 0 Å². The molecule has 0 aliphatic carbocycles. The monoisotopic (exact) mass is 228 g/mol. The van der Waals surface area contributed by atoms with Crippen molar-refractivity contribution in [2.75, 3.05) is 0 Å². The van der Waals surface area contributed by atoms with Crippen LogP contribution in [0, 0.1) is 6.92 Å². The highest BCUT2D eigenvalue weighted by Gasteiger charge is 2.06. The van der Waals surface area contributed by atoms with Crippen molar-refractivity contribution in [3.05, 3.63) is 70.1 Å². The molecule has 17 heavy (non-hydrogen) atoms. The fourth-order valence-electron chi connectivity index (χ4n) is 1.78. The molecule has 3 nitrogen and oxygen atoms in total. The Balaban J connectivity index is 2.19. The number of nitrogens with zero attached hydrogens (tertiary/aromatic N) is 1. The van der Waals surface area contributed by atoms with E-state index >= 15 is 0 Å². The van der Waals surface area contributed by atoms with Crippen LogP contribution < -0.4 is 11.3 Å². The Bertz CT molecular complexity index is 546. The van der Waals surface area contributed by atoms with Gasteiger partial charge in [-0.1, -0.05) is 30.3 Å². The first kappa shape index (κ1) is 11.6. The van der Waals surface area contributed by atoms with Gasteiger partial charge in [-0.3, -0.25) is 4.79 Å². The van der Waals surface area contributed by atoms with Crippen LogP contribution in [0.2, 0.25) is 0 Å². The first-order chi connectivity index (χ1) is 8.16. The van der Waals surface area contributed by atoms with Crippen molar-refractivity contribution in [2.24, 2.45) is 5.73 Å². The maximum absolute atomic E-state index is 11.7. The van der Waals surface area contributed by atoms with Gasteiger partial charge in [-0.2, -0.15) is 0 Å². The van der Waals surface area contributed by atoms with E-state index in [4.69, 9.17) is 5.73 Å². The predicted octanol–water partition coefficient (Wildman–Crippen LogP) is 1.86. The maximum atomic E-state index is 11.7. The Morgan fingerprint density at radius 1 is 1.24 bits per heavy atom. The Morgan fingerprint density at radius 2 is 1.94 bits per heavy atom. The van der Waals surface area contributed by atoms with Gasteiger partial charge < -0.3 is 10.3 Å². The number of hydrogen-bond acceptors (Lipinski definition) is 2. The third kappa shape index (κ3) is 2.82. The van der Waals surface area contributed by atoms with E-state index in [1.165, 1.54) is 0 Å². The van der Waals surface area contributed by atoms with Crippen molar-refractivity contribution >= 4 is 0 Å². The van der Waals surface area contributed by atoms with Gasteiger partial charge in [-0.25, -0.2) is 0 Å². The number of nitrogens with two attached hydrogens (primary N) is 1. The molecule has 3 heteroatoms. The normalized spacial score (nSPS) is 12.4. The fraction of sp³-hybridized carbons (Fsp3) is 0.214. The first-order valence-electron chi connectivity index (χ1n) is 5.64. The second-order valence-electron chi connectivity index (χ2n) is 4.21. The van der Waals surface area contributed by atoms with Gasteiger partial charge in [0.2, 0.25) is 0 Å². The average molecular weight is 228 g/mol. The van der Waals surface area contributed by atoms with Crippen LogP contribution in [0.4, 0.5) is 0 Å². The minimum atomic E-state index is -0.156. The van der Waals surface area contributed by atoms with Gasteiger partial charge in [-0.05, 0) is 24.1 Å². The molecule has 0 amide bonds. The zero-order valence-electron chi connectivity index (χ0n) is 9.84. The molecule has 2 aromatic rings. The second-order valence-corrected chi connectivity index (χ2v) is 4.21. The van der Waals surface area contributed by atoms with Crippen LogP contribution in [0.5, 0.6) is 0 Å². The van der Waals surface area contributed by atoms with Crippen LogP contribution >= 0.6 is 0 Å². The van der Waals surface area contributed by atoms with Crippen LogP contribution in [0.15, 0.2) is 53.5 Å². The minimum Gasteiger partial charge on any atom is -0.322 e. The number of benzene rings is 1. The van der Waals surface area contributed by atoms with Crippen LogP contribution in [-0.2, 0) is 6.54 Å². The summed E-state index contributed by atoms with van der Waals surface area (Å²) in [5, 5.41) is 0. The van der Waals surface area contributed by atoms with E-state index in [2.05, 4.69) is 0 Å². The Hall–Kier alpha value is -1.87. The molecule has 0 aliphatic rings. The molecule has 0 saturated carbocycles. The Kier molecular flexibility index (Phi) is 3.40. The molecule has 1 aromatic carbocycles. The zero-order chi connectivity index (χ0) is 12.3. The molecule has 1 heterocycles. The lowest BCUT2D eigenvalue weighted by Crippen LogP contribution is -2.26. The molecule has 1 aromatic heterocycles. The highest BCUT2D eigenvalue weighted by atomic mass is 16.1. The summed E-state index contributed by atoms with van der Waals surface area (Å²) in [5.41, 5.74) is 8.08. The molecule has 0 radical (unpaired) electrons. The molecule has 0 aliphatic heterocycles. The van der Waals surface area contributed by atoms with E-state index < -0.39 is 0 Å². The van der Waals surface area contributed by atoms with E-state index in [0.717, 1.165) is 11.1 Å². The van der Waals surface area contributed by atoms with Crippen LogP contribution in [0.25, 0.3) is 0 Å². The third-order valence-electron chi connectivity index (χ3n) is 2.77. The van der Waals surface area contributed by atoms with E-state index in [0.29, 0.717) is 6.54 Å². The Labute approximate surface area is 101 Å². The molecule has 2 rings (SSSR count). The first-order valence-corrected chi connectivity index (χ1v) is 5.64. The lowest BCUT2D eigenvalue weighted by atomic mass is 10.1. The summed E-state index contributed by atoms with van der Waals surface area (Å²) in [6.07, 6.45) is 1.79. The van der Waals surface area contributed by atoms with Crippen LogP contribution in [0.1, 0.15) is 17.2 Å². The van der Waals surface area contributed by atoms with E-state index in [1.54, 1.807) is 16.8 Å². The molecular weight excluding hydrogens is 212 g/mol. The zero-order valence-corrected chi connectivity index (χ0v) is 9.84. The summed E-state index contributed by atoms with van der Waals surface area (Å²) in [5.74, 6) is 0. The van der Waals surface area contributed by atoms with E-state index in [-0.39, 0.29) is 11.6 Å². The summed E-state index contributed by atoms with van der Waals surface area (Å²) in [6, 6.07) is 13.2. The summed E-state index contributed by atoms with van der Waals surface area (Å²) < 4.78 is 1.64. The molecule has 1 atom stereocenters. The lowest BCUT2D eigenvalue weighted by molar-refractivity contribution is 0.561. The van der Waals surface area contributed by atoms with Crippen LogP contribution in [0.3, 0.4) is 0 Å². The molecule has 2 N–H and O–H groups in total. The van der Waals surface area contributed by atoms with Gasteiger partial charge >= 0.3 is 0 Å². The van der Waals surface area contributed by atoms with E-state index in [1.807, 2.05) is 43.3 Å². The lowest BCUT2D eigenvalue weighted by Gasteiger charge is -2.13. The summed E-state index contributed by atoms with van der Waals surface area (Å²) in [6.45, 7) is 2.41. The quantitative estimate of drug-likeness (QED) is 0.871.